The van der Waals surface area contributed by atoms with E-state index in [1.54, 1.807) is 12.3 Å². The van der Waals surface area contributed by atoms with Crippen LogP contribution in [0, 0.1) is 0 Å². The second-order valence-corrected chi connectivity index (χ2v) is 5.87. The third-order valence-electron chi connectivity index (χ3n) is 3.49. The van der Waals surface area contributed by atoms with E-state index in [0.717, 1.165) is 26.0 Å². The van der Waals surface area contributed by atoms with Crippen LogP contribution in [0.2, 0.25) is 0 Å². The highest BCUT2D eigenvalue weighted by atomic mass is 79.9. The number of H-pyrrole nitrogens is 1. The van der Waals surface area contributed by atoms with Gasteiger partial charge in [0.25, 0.3) is 5.91 Å². The number of carbonyl (C=O) groups excluding carboxylic acids is 1. The van der Waals surface area contributed by atoms with Crippen LogP contribution >= 0.6 is 15.9 Å². The van der Waals surface area contributed by atoms with E-state index in [-0.39, 0.29) is 11.5 Å². The third-order valence-corrected chi connectivity index (χ3v) is 3.99. The summed E-state index contributed by atoms with van der Waals surface area (Å²) in [5.74, 6) is -0.194. The molecule has 1 aromatic heterocycles. The summed E-state index contributed by atoms with van der Waals surface area (Å²) in [6.45, 7) is 0.784. The van der Waals surface area contributed by atoms with Crippen molar-refractivity contribution in [2.75, 3.05) is 13.1 Å². The minimum atomic E-state index is -0.199. The number of nitrogens with two attached hydrogens (primary N) is 1. The van der Waals surface area contributed by atoms with Crippen molar-refractivity contribution in [3.05, 3.63) is 56.9 Å². The van der Waals surface area contributed by atoms with E-state index in [0.29, 0.717) is 18.7 Å². The lowest BCUT2D eigenvalue weighted by Gasteiger charge is -2.11. The summed E-state index contributed by atoms with van der Waals surface area (Å²) in [5, 5.41) is 6.13. The average molecular weight is 360 g/mol. The van der Waals surface area contributed by atoms with Crippen LogP contribution in [0.3, 0.4) is 0 Å². The van der Waals surface area contributed by atoms with Gasteiger partial charge in [0.15, 0.2) is 0 Å². The highest BCUT2D eigenvalue weighted by Gasteiger charge is 2.13. The Labute approximate surface area is 134 Å². The average Bonchev–Trinajstić information content (AvgIpc) is 2.51. The minimum absolute atomic E-state index is 0.194. The maximum Gasteiger partial charge on any atom is 0.251 e. The number of hydrogen-bond acceptors (Lipinski definition) is 3. The molecule has 3 aromatic rings. The van der Waals surface area contributed by atoms with Crippen LogP contribution in [-0.2, 0) is 0 Å². The van der Waals surface area contributed by atoms with E-state index < -0.39 is 0 Å². The number of fused-ring (bicyclic) bond motifs is 3. The van der Waals surface area contributed by atoms with Gasteiger partial charge < -0.3 is 16.0 Å². The summed E-state index contributed by atoms with van der Waals surface area (Å²) >= 11 is 3.45. The molecule has 0 aliphatic heterocycles. The lowest BCUT2D eigenvalue weighted by molar-refractivity contribution is 0.0956. The Morgan fingerprint density at radius 2 is 2.00 bits per heavy atom. The van der Waals surface area contributed by atoms with Gasteiger partial charge in [-0.3, -0.25) is 9.59 Å². The molecule has 2 aromatic carbocycles. The molecule has 0 unspecified atom stereocenters. The number of carbonyl (C=O) groups is 1. The van der Waals surface area contributed by atoms with Crippen LogP contribution in [0.1, 0.15) is 10.4 Å². The Kier molecular flexibility index (Phi) is 3.96. The van der Waals surface area contributed by atoms with Crippen molar-refractivity contribution in [1.29, 1.82) is 0 Å². The molecule has 0 saturated heterocycles. The molecule has 0 bridgehead atoms. The van der Waals surface area contributed by atoms with Crippen LogP contribution in [0.25, 0.3) is 21.5 Å². The molecule has 0 fully saturated rings. The second kappa shape index (κ2) is 5.90. The van der Waals surface area contributed by atoms with Gasteiger partial charge in [0.05, 0.1) is 0 Å². The quantitative estimate of drug-likeness (QED) is 0.626. The summed E-state index contributed by atoms with van der Waals surface area (Å²) in [7, 11) is 0. The van der Waals surface area contributed by atoms with E-state index in [2.05, 4.69) is 26.2 Å². The van der Waals surface area contributed by atoms with Crippen molar-refractivity contribution in [3.8, 4) is 0 Å². The van der Waals surface area contributed by atoms with Gasteiger partial charge >= 0.3 is 0 Å². The molecular formula is C16H14BrN3O2. The number of amides is 1. The largest absolute Gasteiger partial charge is 0.351 e. The monoisotopic (exact) mass is 359 g/mol. The molecule has 0 spiro atoms. The van der Waals surface area contributed by atoms with Crippen molar-refractivity contribution in [2.24, 2.45) is 5.73 Å². The van der Waals surface area contributed by atoms with Gasteiger partial charge in [0.1, 0.15) is 0 Å². The first-order valence-electron chi connectivity index (χ1n) is 6.83. The maximum absolute atomic E-state index is 12.4. The molecule has 0 aliphatic rings. The molecule has 0 radical (unpaired) electrons. The molecule has 4 N–H and O–H groups in total. The Bertz CT molecular complexity index is 934. The molecule has 1 amide bonds. The lowest BCUT2D eigenvalue weighted by Crippen LogP contribution is -2.29. The van der Waals surface area contributed by atoms with E-state index in [4.69, 9.17) is 5.73 Å². The van der Waals surface area contributed by atoms with E-state index in [9.17, 15) is 9.59 Å². The Morgan fingerprint density at radius 1 is 1.18 bits per heavy atom. The van der Waals surface area contributed by atoms with Gasteiger partial charge in [0.2, 0.25) is 5.56 Å². The summed E-state index contributed by atoms with van der Waals surface area (Å²) in [4.78, 5) is 26.6. The first kappa shape index (κ1) is 14.7. The first-order valence-corrected chi connectivity index (χ1v) is 7.62. The van der Waals surface area contributed by atoms with Crippen LogP contribution in [0.5, 0.6) is 0 Å². The fourth-order valence-corrected chi connectivity index (χ4v) is 2.88. The smallest absolute Gasteiger partial charge is 0.251 e. The number of hydrogen-bond donors (Lipinski definition) is 3. The molecule has 0 saturated carbocycles. The lowest BCUT2D eigenvalue weighted by atomic mass is 9.98. The van der Waals surface area contributed by atoms with Gasteiger partial charge in [-0.15, -0.1) is 0 Å². The molecule has 5 nitrogen and oxygen atoms in total. The zero-order valence-electron chi connectivity index (χ0n) is 11.7. The molecule has 6 heteroatoms. The Balaban J connectivity index is 2.34. The zero-order chi connectivity index (χ0) is 15.7. The molecule has 1 heterocycles. The summed E-state index contributed by atoms with van der Waals surface area (Å²) in [6, 6.07) is 8.96. The van der Waals surface area contributed by atoms with Crippen molar-refractivity contribution in [3.63, 3.8) is 0 Å². The van der Waals surface area contributed by atoms with Gasteiger partial charge in [0, 0.05) is 40.8 Å². The normalized spacial score (nSPS) is 11.0. The molecule has 3 rings (SSSR count). The molecule has 22 heavy (non-hydrogen) atoms. The Morgan fingerprint density at radius 3 is 2.77 bits per heavy atom. The summed E-state index contributed by atoms with van der Waals surface area (Å²) in [6.07, 6.45) is 1.67. The highest BCUT2D eigenvalue weighted by molar-refractivity contribution is 9.10. The van der Waals surface area contributed by atoms with Crippen LogP contribution in [0.4, 0.5) is 0 Å². The van der Waals surface area contributed by atoms with Crippen molar-refractivity contribution in [2.45, 2.75) is 0 Å². The summed E-state index contributed by atoms with van der Waals surface area (Å²) < 4.78 is 0.909. The number of pyridine rings is 1. The number of halogens is 1. The Hall–Kier alpha value is -2.18. The third kappa shape index (κ3) is 2.63. The molecule has 0 aliphatic carbocycles. The van der Waals surface area contributed by atoms with Crippen LogP contribution in [-0.4, -0.2) is 24.0 Å². The van der Waals surface area contributed by atoms with Crippen molar-refractivity contribution in [1.82, 2.24) is 10.3 Å². The van der Waals surface area contributed by atoms with E-state index in [1.807, 2.05) is 18.2 Å². The van der Waals surface area contributed by atoms with E-state index >= 15 is 0 Å². The summed E-state index contributed by atoms with van der Waals surface area (Å²) in [5.41, 5.74) is 5.77. The van der Waals surface area contributed by atoms with E-state index in [1.165, 1.54) is 6.07 Å². The van der Waals surface area contributed by atoms with Gasteiger partial charge in [-0.25, -0.2) is 0 Å². The number of aromatic nitrogens is 1. The number of rotatable bonds is 3. The zero-order valence-corrected chi connectivity index (χ0v) is 13.2. The van der Waals surface area contributed by atoms with Gasteiger partial charge in [-0.2, -0.15) is 0 Å². The van der Waals surface area contributed by atoms with Crippen LogP contribution in [0.15, 0.2) is 45.8 Å². The second-order valence-electron chi connectivity index (χ2n) is 4.96. The standard InChI is InChI=1S/C16H14BrN3O2/c17-10-1-2-11-12(7-10)14-8-20-15(21)6-9(14)5-13(11)16(22)19-4-3-18/h1-2,5-8H,3-4,18H2,(H,19,22)(H,20,21). The topological polar surface area (TPSA) is 88.0 Å². The van der Waals surface area contributed by atoms with Gasteiger partial charge in [-0.1, -0.05) is 22.0 Å². The highest BCUT2D eigenvalue weighted by Crippen LogP contribution is 2.30. The molecule has 0 atom stereocenters. The van der Waals surface area contributed by atoms with Crippen molar-refractivity contribution >= 4 is 43.4 Å². The predicted molar refractivity (Wildman–Crippen MR) is 91.2 cm³/mol. The SMILES string of the molecule is NCCNC(=O)c1cc2cc(=O)[nH]cc2c2cc(Br)ccc12. The molecule has 112 valence electrons. The maximum atomic E-state index is 12.4. The minimum Gasteiger partial charge on any atom is -0.351 e. The fourth-order valence-electron chi connectivity index (χ4n) is 2.52. The fraction of sp³-hybridized carbons (Fsp3) is 0.125. The van der Waals surface area contributed by atoms with Crippen LogP contribution < -0.4 is 16.6 Å². The first-order chi connectivity index (χ1) is 10.6. The number of aromatic amines is 1. The predicted octanol–water partition coefficient (Wildman–Crippen LogP) is 2.13. The molecular weight excluding hydrogens is 346 g/mol. The number of nitrogens with one attached hydrogen (secondary N) is 2. The number of benzene rings is 2. The van der Waals surface area contributed by atoms with Gasteiger partial charge in [-0.05, 0) is 34.4 Å². The van der Waals surface area contributed by atoms with Crippen molar-refractivity contribution < 1.29 is 4.79 Å².